The van der Waals surface area contributed by atoms with Gasteiger partial charge in [0.25, 0.3) is 0 Å². The molecular formula is C13H19NO. The van der Waals surface area contributed by atoms with Crippen LogP contribution in [0.3, 0.4) is 0 Å². The number of rotatable bonds is 3. The number of aryl methyl sites for hydroxylation is 2. The SMILES string of the molecule is Cc1ccc(C)c(CC2(CN)COC2)c1. The van der Waals surface area contributed by atoms with Crippen LogP contribution in [0.5, 0.6) is 0 Å². The maximum Gasteiger partial charge on any atom is 0.0560 e. The van der Waals surface area contributed by atoms with Crippen LogP contribution in [0, 0.1) is 19.3 Å². The molecule has 0 radical (unpaired) electrons. The lowest BCUT2D eigenvalue weighted by Crippen LogP contribution is -2.49. The second kappa shape index (κ2) is 3.95. The maximum atomic E-state index is 5.82. The molecule has 0 saturated carbocycles. The van der Waals surface area contributed by atoms with Crippen molar-refractivity contribution in [2.24, 2.45) is 11.1 Å². The fourth-order valence-electron chi connectivity index (χ4n) is 2.08. The van der Waals surface area contributed by atoms with Gasteiger partial charge < -0.3 is 10.5 Å². The summed E-state index contributed by atoms with van der Waals surface area (Å²) in [4.78, 5) is 0. The Hall–Kier alpha value is -0.860. The fourth-order valence-corrected chi connectivity index (χ4v) is 2.08. The van der Waals surface area contributed by atoms with Gasteiger partial charge in [0.2, 0.25) is 0 Å². The predicted octanol–water partition coefficient (Wildman–Crippen LogP) is 1.82. The minimum Gasteiger partial charge on any atom is -0.380 e. The molecule has 1 heterocycles. The Kier molecular flexibility index (Phi) is 2.81. The lowest BCUT2D eigenvalue weighted by molar-refractivity contribution is -0.106. The zero-order chi connectivity index (χ0) is 10.9. The van der Waals surface area contributed by atoms with Gasteiger partial charge in [-0.1, -0.05) is 23.8 Å². The Balaban J connectivity index is 2.19. The van der Waals surface area contributed by atoms with E-state index in [0.717, 1.165) is 26.2 Å². The van der Waals surface area contributed by atoms with Gasteiger partial charge in [-0.25, -0.2) is 0 Å². The van der Waals surface area contributed by atoms with E-state index in [1.807, 2.05) is 0 Å². The monoisotopic (exact) mass is 205 g/mol. The van der Waals surface area contributed by atoms with E-state index in [1.165, 1.54) is 16.7 Å². The largest absolute Gasteiger partial charge is 0.380 e. The van der Waals surface area contributed by atoms with Crippen LogP contribution in [0.1, 0.15) is 16.7 Å². The molecule has 1 fully saturated rings. The van der Waals surface area contributed by atoms with Crippen LogP contribution in [0.15, 0.2) is 18.2 Å². The van der Waals surface area contributed by atoms with Crippen LogP contribution in [0.4, 0.5) is 0 Å². The summed E-state index contributed by atoms with van der Waals surface area (Å²) in [6.45, 7) is 6.65. The van der Waals surface area contributed by atoms with Gasteiger partial charge in [0.15, 0.2) is 0 Å². The van der Waals surface area contributed by atoms with E-state index in [0.29, 0.717) is 0 Å². The first kappa shape index (κ1) is 10.7. The first-order valence-corrected chi connectivity index (χ1v) is 5.49. The third-order valence-corrected chi connectivity index (χ3v) is 3.32. The van der Waals surface area contributed by atoms with Crippen molar-refractivity contribution >= 4 is 0 Å². The van der Waals surface area contributed by atoms with Crippen molar-refractivity contribution < 1.29 is 4.74 Å². The van der Waals surface area contributed by atoms with Gasteiger partial charge in [0.1, 0.15) is 0 Å². The van der Waals surface area contributed by atoms with Crippen LogP contribution >= 0.6 is 0 Å². The van der Waals surface area contributed by atoms with Crippen LogP contribution in [-0.2, 0) is 11.2 Å². The van der Waals surface area contributed by atoms with Crippen LogP contribution in [0.2, 0.25) is 0 Å². The van der Waals surface area contributed by atoms with Crippen molar-refractivity contribution in [3.63, 3.8) is 0 Å². The van der Waals surface area contributed by atoms with Gasteiger partial charge in [-0.15, -0.1) is 0 Å². The third kappa shape index (κ3) is 2.06. The Morgan fingerprint density at radius 1 is 1.33 bits per heavy atom. The molecule has 0 bridgehead atoms. The van der Waals surface area contributed by atoms with E-state index >= 15 is 0 Å². The van der Waals surface area contributed by atoms with Crippen molar-refractivity contribution in [2.45, 2.75) is 20.3 Å². The van der Waals surface area contributed by atoms with Gasteiger partial charge in [-0.2, -0.15) is 0 Å². The lowest BCUT2D eigenvalue weighted by Gasteiger charge is -2.41. The van der Waals surface area contributed by atoms with Gasteiger partial charge in [-0.05, 0) is 31.4 Å². The van der Waals surface area contributed by atoms with Crippen LogP contribution in [-0.4, -0.2) is 19.8 Å². The minimum absolute atomic E-state index is 0.207. The highest BCUT2D eigenvalue weighted by atomic mass is 16.5. The molecule has 1 aromatic rings. The molecule has 0 unspecified atom stereocenters. The smallest absolute Gasteiger partial charge is 0.0560 e. The molecule has 0 amide bonds. The lowest BCUT2D eigenvalue weighted by atomic mass is 9.79. The number of hydrogen-bond acceptors (Lipinski definition) is 2. The van der Waals surface area contributed by atoms with Crippen LogP contribution < -0.4 is 5.73 Å². The summed E-state index contributed by atoms with van der Waals surface area (Å²) in [5.41, 5.74) is 10.1. The Labute approximate surface area is 91.4 Å². The first-order chi connectivity index (χ1) is 7.15. The molecule has 15 heavy (non-hydrogen) atoms. The second-order valence-electron chi connectivity index (χ2n) is 4.80. The van der Waals surface area contributed by atoms with Crippen LogP contribution in [0.25, 0.3) is 0 Å². The predicted molar refractivity (Wildman–Crippen MR) is 61.9 cm³/mol. The van der Waals surface area contributed by atoms with E-state index in [4.69, 9.17) is 10.5 Å². The van der Waals surface area contributed by atoms with E-state index in [9.17, 15) is 0 Å². The molecule has 0 atom stereocenters. The molecule has 2 heteroatoms. The Bertz CT molecular complexity index is 350. The average molecular weight is 205 g/mol. The summed E-state index contributed by atoms with van der Waals surface area (Å²) in [5, 5.41) is 0. The summed E-state index contributed by atoms with van der Waals surface area (Å²) in [7, 11) is 0. The summed E-state index contributed by atoms with van der Waals surface area (Å²) >= 11 is 0. The van der Waals surface area contributed by atoms with Crippen molar-refractivity contribution in [3.8, 4) is 0 Å². The number of nitrogens with two attached hydrogens (primary N) is 1. The van der Waals surface area contributed by atoms with Gasteiger partial charge in [0, 0.05) is 12.0 Å². The van der Waals surface area contributed by atoms with Gasteiger partial charge >= 0.3 is 0 Å². The van der Waals surface area contributed by atoms with Gasteiger partial charge in [-0.3, -0.25) is 0 Å². The molecule has 0 aliphatic carbocycles. The molecule has 1 aromatic carbocycles. The summed E-state index contributed by atoms with van der Waals surface area (Å²) in [6, 6.07) is 6.62. The summed E-state index contributed by atoms with van der Waals surface area (Å²) in [5.74, 6) is 0. The molecule has 82 valence electrons. The molecular weight excluding hydrogens is 186 g/mol. The van der Waals surface area contributed by atoms with E-state index in [2.05, 4.69) is 32.0 Å². The van der Waals surface area contributed by atoms with Gasteiger partial charge in [0.05, 0.1) is 13.2 Å². The normalized spacial score (nSPS) is 18.6. The van der Waals surface area contributed by atoms with Crippen molar-refractivity contribution in [3.05, 3.63) is 34.9 Å². The highest BCUT2D eigenvalue weighted by Crippen LogP contribution is 2.31. The summed E-state index contributed by atoms with van der Waals surface area (Å²) < 4.78 is 5.29. The molecule has 1 saturated heterocycles. The number of ether oxygens (including phenoxy) is 1. The molecule has 1 aliphatic rings. The van der Waals surface area contributed by atoms with Crippen molar-refractivity contribution in [2.75, 3.05) is 19.8 Å². The molecule has 2 N–H and O–H groups in total. The standard InChI is InChI=1S/C13H19NO/c1-10-3-4-11(2)12(5-10)6-13(7-14)8-15-9-13/h3-5H,6-9,14H2,1-2H3. The Morgan fingerprint density at radius 2 is 2.07 bits per heavy atom. The van der Waals surface area contributed by atoms with E-state index in [-0.39, 0.29) is 5.41 Å². The van der Waals surface area contributed by atoms with Crippen molar-refractivity contribution in [1.82, 2.24) is 0 Å². The number of hydrogen-bond donors (Lipinski definition) is 1. The molecule has 0 aromatic heterocycles. The summed E-state index contributed by atoms with van der Waals surface area (Å²) in [6.07, 6.45) is 1.05. The van der Waals surface area contributed by atoms with Crippen molar-refractivity contribution in [1.29, 1.82) is 0 Å². The molecule has 1 aliphatic heterocycles. The van der Waals surface area contributed by atoms with E-state index < -0.39 is 0 Å². The highest BCUT2D eigenvalue weighted by molar-refractivity contribution is 5.31. The highest BCUT2D eigenvalue weighted by Gasteiger charge is 2.37. The quantitative estimate of drug-likeness (QED) is 0.817. The zero-order valence-corrected chi connectivity index (χ0v) is 9.55. The topological polar surface area (TPSA) is 35.2 Å². The zero-order valence-electron chi connectivity index (χ0n) is 9.55. The average Bonchev–Trinajstić information content (AvgIpc) is 2.17. The third-order valence-electron chi connectivity index (χ3n) is 3.32. The fraction of sp³-hybridized carbons (Fsp3) is 0.538. The maximum absolute atomic E-state index is 5.82. The molecule has 2 nitrogen and oxygen atoms in total. The Morgan fingerprint density at radius 3 is 2.60 bits per heavy atom. The minimum atomic E-state index is 0.207. The van der Waals surface area contributed by atoms with E-state index in [1.54, 1.807) is 0 Å². The first-order valence-electron chi connectivity index (χ1n) is 5.49. The molecule has 2 rings (SSSR count). The number of benzene rings is 1. The molecule has 0 spiro atoms. The second-order valence-corrected chi connectivity index (χ2v) is 4.80.